The Hall–Kier alpha value is -0.510. The Morgan fingerprint density at radius 1 is 1.40 bits per heavy atom. The fraction of sp³-hybridized carbons (Fsp3) is 0.647. The number of rotatable bonds is 6. The summed E-state index contributed by atoms with van der Waals surface area (Å²) in [5, 5.41) is 4.30. The van der Waals surface area contributed by atoms with Crippen LogP contribution in [-0.4, -0.2) is 30.3 Å². The summed E-state index contributed by atoms with van der Waals surface area (Å²) >= 11 is 2.06. The minimum atomic E-state index is 0.404. The lowest BCUT2D eigenvalue weighted by Gasteiger charge is -2.23. The molecule has 2 rings (SSSR count). The first-order chi connectivity index (χ1) is 9.61. The van der Waals surface area contributed by atoms with E-state index < -0.39 is 0 Å². The van der Waals surface area contributed by atoms with Crippen LogP contribution in [0, 0.1) is 13.8 Å². The fourth-order valence-electron chi connectivity index (χ4n) is 2.79. The molecule has 0 amide bonds. The predicted molar refractivity (Wildman–Crippen MR) is 88.6 cm³/mol. The summed E-state index contributed by atoms with van der Waals surface area (Å²) in [4.78, 5) is 0. The van der Waals surface area contributed by atoms with Gasteiger partial charge in [-0.15, -0.1) is 0 Å². The van der Waals surface area contributed by atoms with Gasteiger partial charge in [-0.2, -0.15) is 11.8 Å². The zero-order chi connectivity index (χ0) is 14.5. The number of ether oxygens (including phenoxy) is 1. The minimum absolute atomic E-state index is 0.404. The topological polar surface area (TPSA) is 21.3 Å². The van der Waals surface area contributed by atoms with Crippen LogP contribution in [0.4, 0.5) is 0 Å². The third-order valence-corrected chi connectivity index (χ3v) is 5.62. The second-order valence-electron chi connectivity index (χ2n) is 5.71. The Kier molecular flexibility index (Phi) is 5.94. The van der Waals surface area contributed by atoms with Gasteiger partial charge in [0.1, 0.15) is 0 Å². The lowest BCUT2D eigenvalue weighted by atomic mass is 10.00. The average molecular weight is 293 g/mol. The second kappa shape index (κ2) is 7.48. The van der Waals surface area contributed by atoms with Crippen LogP contribution in [0.15, 0.2) is 18.2 Å². The normalized spacial score (nSPS) is 24.0. The van der Waals surface area contributed by atoms with E-state index in [1.165, 1.54) is 23.1 Å². The SMILES string of the molecule is CCNC(CSC1CCOC1C)c1cc(C)ccc1C. The molecule has 3 atom stereocenters. The summed E-state index contributed by atoms with van der Waals surface area (Å²) < 4.78 is 5.66. The summed E-state index contributed by atoms with van der Waals surface area (Å²) in [7, 11) is 0. The summed E-state index contributed by atoms with van der Waals surface area (Å²) in [5.41, 5.74) is 4.18. The Balaban J connectivity index is 2.04. The van der Waals surface area contributed by atoms with E-state index in [-0.39, 0.29) is 0 Å². The van der Waals surface area contributed by atoms with Gasteiger partial charge in [0.2, 0.25) is 0 Å². The first-order valence-corrected chi connectivity index (χ1v) is 8.70. The average Bonchev–Trinajstić information content (AvgIpc) is 2.83. The van der Waals surface area contributed by atoms with Crippen molar-refractivity contribution >= 4 is 11.8 Å². The highest BCUT2D eigenvalue weighted by molar-refractivity contribution is 8.00. The standard InChI is InChI=1S/C17H27NOS/c1-5-18-16(11-20-17-8-9-19-14(17)4)15-10-12(2)6-7-13(15)3/h6-7,10,14,16-18H,5,8-9,11H2,1-4H3. The molecule has 1 aliphatic rings. The van der Waals surface area contributed by atoms with Crippen LogP contribution in [0.3, 0.4) is 0 Å². The van der Waals surface area contributed by atoms with E-state index >= 15 is 0 Å². The molecule has 1 saturated heterocycles. The zero-order valence-corrected chi connectivity index (χ0v) is 13.9. The number of aryl methyl sites for hydroxylation is 2. The Morgan fingerprint density at radius 2 is 2.20 bits per heavy atom. The van der Waals surface area contributed by atoms with Crippen LogP contribution in [0.25, 0.3) is 0 Å². The summed E-state index contributed by atoms with van der Waals surface area (Å²) in [6.07, 6.45) is 1.60. The Labute approximate surface area is 127 Å². The molecule has 0 bridgehead atoms. The third kappa shape index (κ3) is 4.00. The molecule has 1 aromatic carbocycles. The molecule has 0 saturated carbocycles. The van der Waals surface area contributed by atoms with Gasteiger partial charge < -0.3 is 10.1 Å². The van der Waals surface area contributed by atoms with E-state index in [0.29, 0.717) is 17.4 Å². The van der Waals surface area contributed by atoms with Crippen molar-refractivity contribution in [3.05, 3.63) is 34.9 Å². The van der Waals surface area contributed by atoms with Crippen molar-refractivity contribution in [1.82, 2.24) is 5.32 Å². The molecule has 0 aromatic heterocycles. The van der Waals surface area contributed by atoms with Gasteiger partial charge in [-0.05, 0) is 44.9 Å². The molecule has 1 N–H and O–H groups in total. The lowest BCUT2D eigenvalue weighted by Crippen LogP contribution is -2.26. The van der Waals surface area contributed by atoms with E-state index in [2.05, 4.69) is 63.0 Å². The van der Waals surface area contributed by atoms with Crippen molar-refractivity contribution in [3.63, 3.8) is 0 Å². The van der Waals surface area contributed by atoms with Gasteiger partial charge in [0, 0.05) is 23.7 Å². The van der Waals surface area contributed by atoms with Gasteiger partial charge in [-0.3, -0.25) is 0 Å². The van der Waals surface area contributed by atoms with Crippen LogP contribution in [-0.2, 0) is 4.74 Å². The number of nitrogens with one attached hydrogen (secondary N) is 1. The van der Waals surface area contributed by atoms with Crippen molar-refractivity contribution in [2.75, 3.05) is 18.9 Å². The molecule has 3 heteroatoms. The highest BCUT2D eigenvalue weighted by atomic mass is 32.2. The second-order valence-corrected chi connectivity index (χ2v) is 6.98. The first kappa shape index (κ1) is 15.9. The molecular weight excluding hydrogens is 266 g/mol. The molecule has 1 aliphatic heterocycles. The fourth-order valence-corrected chi connectivity index (χ4v) is 4.14. The van der Waals surface area contributed by atoms with E-state index in [1.807, 2.05) is 0 Å². The van der Waals surface area contributed by atoms with Crippen molar-refractivity contribution in [3.8, 4) is 0 Å². The van der Waals surface area contributed by atoms with Crippen molar-refractivity contribution in [1.29, 1.82) is 0 Å². The van der Waals surface area contributed by atoms with Crippen molar-refractivity contribution < 1.29 is 4.74 Å². The van der Waals surface area contributed by atoms with Crippen LogP contribution >= 0.6 is 11.8 Å². The molecule has 1 fully saturated rings. The number of hydrogen-bond acceptors (Lipinski definition) is 3. The zero-order valence-electron chi connectivity index (χ0n) is 13.1. The maximum absolute atomic E-state index is 5.66. The van der Waals surface area contributed by atoms with Crippen molar-refractivity contribution in [2.24, 2.45) is 0 Å². The summed E-state index contributed by atoms with van der Waals surface area (Å²) in [6, 6.07) is 7.21. The van der Waals surface area contributed by atoms with Gasteiger partial charge in [-0.1, -0.05) is 30.7 Å². The smallest absolute Gasteiger partial charge is 0.0666 e. The van der Waals surface area contributed by atoms with Gasteiger partial charge in [0.05, 0.1) is 6.10 Å². The van der Waals surface area contributed by atoms with Crippen molar-refractivity contribution in [2.45, 2.75) is 51.5 Å². The number of thioether (sulfide) groups is 1. The largest absolute Gasteiger partial charge is 0.377 e. The highest BCUT2D eigenvalue weighted by Gasteiger charge is 2.26. The van der Waals surface area contributed by atoms with E-state index in [0.717, 1.165) is 18.9 Å². The third-order valence-electron chi connectivity index (χ3n) is 4.04. The van der Waals surface area contributed by atoms with E-state index in [9.17, 15) is 0 Å². The number of benzene rings is 1. The Morgan fingerprint density at radius 3 is 2.85 bits per heavy atom. The molecule has 112 valence electrons. The molecule has 20 heavy (non-hydrogen) atoms. The quantitative estimate of drug-likeness (QED) is 0.860. The van der Waals surface area contributed by atoms with Crippen LogP contribution in [0.1, 0.15) is 43.0 Å². The minimum Gasteiger partial charge on any atom is -0.377 e. The molecule has 0 aliphatic carbocycles. The first-order valence-electron chi connectivity index (χ1n) is 7.65. The summed E-state index contributed by atoms with van der Waals surface area (Å²) in [6.45, 7) is 10.7. The van der Waals surface area contributed by atoms with E-state index in [1.54, 1.807) is 0 Å². The maximum atomic E-state index is 5.66. The molecular formula is C17H27NOS. The highest BCUT2D eigenvalue weighted by Crippen LogP contribution is 2.30. The summed E-state index contributed by atoms with van der Waals surface area (Å²) in [5.74, 6) is 1.12. The molecule has 1 heterocycles. The molecule has 1 aromatic rings. The molecule has 2 nitrogen and oxygen atoms in total. The maximum Gasteiger partial charge on any atom is 0.0666 e. The van der Waals surface area contributed by atoms with E-state index in [4.69, 9.17) is 4.74 Å². The lowest BCUT2D eigenvalue weighted by molar-refractivity contribution is 0.127. The molecule has 0 radical (unpaired) electrons. The molecule has 3 unspecified atom stereocenters. The van der Waals surface area contributed by atoms with Gasteiger partial charge in [-0.25, -0.2) is 0 Å². The molecule has 0 spiro atoms. The van der Waals surface area contributed by atoms with Crippen LogP contribution in [0.5, 0.6) is 0 Å². The van der Waals surface area contributed by atoms with Gasteiger partial charge in [0.25, 0.3) is 0 Å². The van der Waals surface area contributed by atoms with Gasteiger partial charge in [0.15, 0.2) is 0 Å². The van der Waals surface area contributed by atoms with Crippen LogP contribution in [0.2, 0.25) is 0 Å². The predicted octanol–water partition coefficient (Wildman–Crippen LogP) is 3.86. The number of hydrogen-bond donors (Lipinski definition) is 1. The van der Waals surface area contributed by atoms with Gasteiger partial charge >= 0.3 is 0 Å². The Bertz CT molecular complexity index is 435. The van der Waals surface area contributed by atoms with Crippen LogP contribution < -0.4 is 5.32 Å². The monoisotopic (exact) mass is 293 g/mol.